The molecule has 0 amide bonds. The van der Waals surface area contributed by atoms with Crippen LogP contribution in [0.2, 0.25) is 0 Å². The molecule has 10 heteroatoms. The van der Waals surface area contributed by atoms with Crippen molar-refractivity contribution in [2.75, 3.05) is 13.2 Å². The van der Waals surface area contributed by atoms with Crippen molar-refractivity contribution < 1.29 is 19.1 Å². The van der Waals surface area contributed by atoms with E-state index in [0.29, 0.717) is 39.3 Å². The molecule has 4 heterocycles. The van der Waals surface area contributed by atoms with E-state index in [1.165, 1.54) is 22.7 Å². The third-order valence-electron chi connectivity index (χ3n) is 7.25. The number of ether oxygens (including phenoxy) is 2. The Morgan fingerprint density at radius 2 is 1.72 bits per heavy atom. The summed E-state index contributed by atoms with van der Waals surface area (Å²) in [6.45, 7) is 6.48. The van der Waals surface area contributed by atoms with E-state index in [1.54, 1.807) is 37.5 Å². The smallest absolute Gasteiger partial charge is 0.338 e. The van der Waals surface area contributed by atoms with E-state index in [0.717, 1.165) is 26.9 Å². The fourth-order valence-electron chi connectivity index (χ4n) is 5.33. The maximum absolute atomic E-state index is 14.0. The number of carbonyl (C=O) groups excluding carboxylic acids is 2. The highest BCUT2D eigenvalue weighted by molar-refractivity contribution is 7.10. The Morgan fingerprint density at radius 3 is 2.44 bits per heavy atom. The number of benzene rings is 2. The van der Waals surface area contributed by atoms with Crippen molar-refractivity contribution in [2.24, 2.45) is 4.99 Å². The average molecular weight is 612 g/mol. The van der Waals surface area contributed by atoms with Gasteiger partial charge in [0.15, 0.2) is 4.80 Å². The average Bonchev–Trinajstić information content (AvgIpc) is 3.72. The molecule has 0 N–H and O–H groups in total. The molecule has 1 aliphatic heterocycles. The summed E-state index contributed by atoms with van der Waals surface area (Å²) < 4.78 is 14.7. The Hall–Kier alpha value is -4.54. The molecule has 43 heavy (non-hydrogen) atoms. The van der Waals surface area contributed by atoms with Crippen molar-refractivity contribution in [3.63, 3.8) is 0 Å². The van der Waals surface area contributed by atoms with Crippen LogP contribution >= 0.6 is 22.7 Å². The van der Waals surface area contributed by atoms with Gasteiger partial charge < -0.3 is 14.0 Å². The van der Waals surface area contributed by atoms with Crippen LogP contribution in [0, 0.1) is 0 Å². The number of rotatable bonds is 8. The maximum Gasteiger partial charge on any atom is 0.338 e. The summed E-state index contributed by atoms with van der Waals surface area (Å²) in [7, 11) is 0. The van der Waals surface area contributed by atoms with E-state index >= 15 is 0 Å². The van der Waals surface area contributed by atoms with Crippen LogP contribution in [-0.4, -0.2) is 34.3 Å². The predicted molar refractivity (Wildman–Crippen MR) is 168 cm³/mol. The highest BCUT2D eigenvalue weighted by Crippen LogP contribution is 2.33. The van der Waals surface area contributed by atoms with Crippen molar-refractivity contribution in [2.45, 2.75) is 33.4 Å². The first-order valence-electron chi connectivity index (χ1n) is 14.0. The zero-order chi connectivity index (χ0) is 30.1. The monoisotopic (exact) mass is 611 g/mol. The summed E-state index contributed by atoms with van der Waals surface area (Å²) in [5.41, 5.74) is 4.19. The fourth-order valence-corrected chi connectivity index (χ4v) is 7.19. The minimum Gasteiger partial charge on any atom is -0.463 e. The Kier molecular flexibility index (Phi) is 7.96. The van der Waals surface area contributed by atoms with Crippen LogP contribution in [0.4, 0.5) is 0 Å². The van der Waals surface area contributed by atoms with Gasteiger partial charge >= 0.3 is 11.9 Å². The molecule has 0 bridgehead atoms. The summed E-state index contributed by atoms with van der Waals surface area (Å²) in [5, 5.41) is 2.94. The summed E-state index contributed by atoms with van der Waals surface area (Å²) in [6.07, 6.45) is 3.94. The van der Waals surface area contributed by atoms with Crippen molar-refractivity contribution in [3.05, 3.63) is 125 Å². The fraction of sp³-hybridized carbons (Fsp3) is 0.212. The number of hydrogen-bond donors (Lipinski definition) is 0. The van der Waals surface area contributed by atoms with Crippen molar-refractivity contribution in [1.29, 1.82) is 0 Å². The molecule has 0 spiro atoms. The van der Waals surface area contributed by atoms with E-state index in [1.807, 2.05) is 66.2 Å². The van der Waals surface area contributed by atoms with Gasteiger partial charge in [-0.3, -0.25) is 9.36 Å². The second kappa shape index (κ2) is 12.0. The molecule has 1 aliphatic rings. The predicted octanol–water partition coefficient (Wildman–Crippen LogP) is 5.04. The van der Waals surface area contributed by atoms with Gasteiger partial charge in [0.1, 0.15) is 6.04 Å². The van der Waals surface area contributed by atoms with Crippen LogP contribution in [-0.2, 0) is 20.8 Å². The number of carbonyl (C=O) groups is 2. The normalized spacial score (nSPS) is 15.0. The summed E-state index contributed by atoms with van der Waals surface area (Å²) >= 11 is 2.80. The molecule has 8 nitrogen and oxygen atoms in total. The van der Waals surface area contributed by atoms with Crippen LogP contribution in [0.25, 0.3) is 17.0 Å². The van der Waals surface area contributed by atoms with E-state index in [9.17, 15) is 14.4 Å². The molecule has 218 valence electrons. The van der Waals surface area contributed by atoms with Crippen molar-refractivity contribution >= 4 is 51.6 Å². The standard InChI is InChI=1S/C33H29N3O5S2/c1-4-40-31(38)22-14-12-21(13-15-22)18-35-19-23(24-9-6-7-10-25(24)35)17-27-30(37)36-29(26-11-8-16-42-26)28(32(39)41-5-2)20(3)34-33(36)43-27/h6-17,19,29H,4-5,18H2,1-3H3/b27-17-/t29-/m0/s1. The van der Waals surface area contributed by atoms with E-state index in [2.05, 4.69) is 9.56 Å². The molecule has 0 saturated heterocycles. The Balaban J connectivity index is 1.42. The molecule has 0 saturated carbocycles. The van der Waals surface area contributed by atoms with Gasteiger partial charge in [-0.1, -0.05) is 47.7 Å². The second-order valence-electron chi connectivity index (χ2n) is 9.96. The van der Waals surface area contributed by atoms with Crippen LogP contribution in [0.1, 0.15) is 53.2 Å². The lowest BCUT2D eigenvalue weighted by Crippen LogP contribution is -2.39. The van der Waals surface area contributed by atoms with E-state index in [-0.39, 0.29) is 18.1 Å². The number of allylic oxidation sites excluding steroid dienone is 1. The Labute approximate surface area is 255 Å². The van der Waals surface area contributed by atoms with Gasteiger partial charge in [-0.05, 0) is 62.1 Å². The zero-order valence-electron chi connectivity index (χ0n) is 23.9. The van der Waals surface area contributed by atoms with Gasteiger partial charge in [-0.2, -0.15) is 0 Å². The Morgan fingerprint density at radius 1 is 0.977 bits per heavy atom. The number of para-hydroxylation sites is 1. The van der Waals surface area contributed by atoms with Gasteiger partial charge in [0.2, 0.25) is 0 Å². The summed E-state index contributed by atoms with van der Waals surface area (Å²) in [5.74, 6) is -0.801. The molecular weight excluding hydrogens is 583 g/mol. The lowest BCUT2D eigenvalue weighted by Gasteiger charge is -2.23. The van der Waals surface area contributed by atoms with Gasteiger partial charge in [0.05, 0.1) is 34.6 Å². The largest absolute Gasteiger partial charge is 0.463 e. The lowest BCUT2D eigenvalue weighted by molar-refractivity contribution is -0.139. The van der Waals surface area contributed by atoms with Crippen LogP contribution in [0.5, 0.6) is 0 Å². The van der Waals surface area contributed by atoms with E-state index < -0.39 is 12.0 Å². The molecule has 3 aromatic heterocycles. The number of nitrogens with zero attached hydrogens (tertiary/aromatic N) is 3. The molecule has 5 aromatic rings. The number of thiophene rings is 1. The second-order valence-corrected chi connectivity index (χ2v) is 12.0. The highest BCUT2D eigenvalue weighted by atomic mass is 32.1. The molecule has 2 aromatic carbocycles. The van der Waals surface area contributed by atoms with Crippen molar-refractivity contribution in [1.82, 2.24) is 9.13 Å². The third kappa shape index (κ3) is 5.39. The molecule has 0 aliphatic carbocycles. The molecule has 6 rings (SSSR count). The van der Waals surface area contributed by atoms with Gasteiger partial charge in [0.25, 0.3) is 5.56 Å². The van der Waals surface area contributed by atoms with Gasteiger partial charge in [-0.15, -0.1) is 11.3 Å². The quantitative estimate of drug-likeness (QED) is 0.229. The number of thiazole rings is 1. The Bertz CT molecular complexity index is 2050. The maximum atomic E-state index is 14.0. The zero-order valence-corrected chi connectivity index (χ0v) is 25.5. The molecule has 0 radical (unpaired) electrons. The molecule has 0 unspecified atom stereocenters. The van der Waals surface area contributed by atoms with Gasteiger partial charge in [0, 0.05) is 34.1 Å². The first-order chi connectivity index (χ1) is 20.9. The van der Waals surface area contributed by atoms with Gasteiger partial charge in [-0.25, -0.2) is 14.6 Å². The molecule has 0 fully saturated rings. The lowest BCUT2D eigenvalue weighted by atomic mass is 10.0. The van der Waals surface area contributed by atoms with E-state index in [4.69, 9.17) is 9.47 Å². The first-order valence-corrected chi connectivity index (χ1v) is 15.7. The minimum atomic E-state index is -0.601. The SMILES string of the molecule is CCOC(=O)C1=C(C)N=c2s/c(=C\c3cn(Cc4ccc(C(=O)OCC)cc4)c4ccccc34)c(=O)n2[C@H]1c1cccs1. The third-order valence-corrected chi connectivity index (χ3v) is 9.16. The number of fused-ring (bicyclic) bond motifs is 2. The summed E-state index contributed by atoms with van der Waals surface area (Å²) in [6, 6.07) is 18.7. The number of aromatic nitrogens is 2. The molecule has 1 atom stereocenters. The molecular formula is C33H29N3O5S2. The van der Waals surface area contributed by atoms with Crippen molar-refractivity contribution in [3.8, 4) is 0 Å². The minimum absolute atomic E-state index is 0.206. The first kappa shape index (κ1) is 28.6. The topological polar surface area (TPSA) is 91.9 Å². The number of esters is 2. The van der Waals surface area contributed by atoms with Crippen LogP contribution < -0.4 is 14.9 Å². The van der Waals surface area contributed by atoms with Crippen LogP contribution in [0.15, 0.2) is 93.3 Å². The highest BCUT2D eigenvalue weighted by Gasteiger charge is 2.33. The summed E-state index contributed by atoms with van der Waals surface area (Å²) in [4.78, 5) is 45.2. The van der Waals surface area contributed by atoms with Crippen LogP contribution in [0.3, 0.4) is 0 Å². The number of hydrogen-bond acceptors (Lipinski definition) is 8.